The van der Waals surface area contributed by atoms with Crippen molar-refractivity contribution in [3.8, 4) is 5.75 Å². The highest BCUT2D eigenvalue weighted by Crippen LogP contribution is 2.39. The van der Waals surface area contributed by atoms with Crippen molar-refractivity contribution in [2.24, 2.45) is 5.73 Å². The van der Waals surface area contributed by atoms with Crippen LogP contribution in [0.1, 0.15) is 53.2 Å². The smallest absolute Gasteiger partial charge is 0.256 e. The second-order valence-electron chi connectivity index (χ2n) is 8.69. The Kier molecular flexibility index (Phi) is 5.33. The van der Waals surface area contributed by atoms with Gasteiger partial charge in [-0.15, -0.1) is 0 Å². The molecule has 3 aromatic rings. The number of hydrogen-bond donors (Lipinski definition) is 1. The minimum Gasteiger partial charge on any atom is -0.493 e. The highest BCUT2D eigenvalue weighted by Gasteiger charge is 2.30. The molecule has 7 heteroatoms. The number of rotatable bonds is 4. The number of para-hydroxylation sites is 1. The molecule has 0 spiro atoms. The maximum absolute atomic E-state index is 13.5. The van der Waals surface area contributed by atoms with Gasteiger partial charge in [-0.25, -0.2) is 0 Å². The number of primary amides is 1. The molecule has 1 aromatic heterocycles. The van der Waals surface area contributed by atoms with Gasteiger partial charge in [0, 0.05) is 36.1 Å². The van der Waals surface area contributed by atoms with Crippen molar-refractivity contribution in [1.82, 2.24) is 9.47 Å². The number of benzene rings is 2. The Hall–Kier alpha value is -2.99. The van der Waals surface area contributed by atoms with Crippen LogP contribution in [0.4, 0.5) is 0 Å². The fraction of sp³-hybridized carbons (Fsp3) is 0.360. The van der Waals surface area contributed by atoms with Crippen LogP contribution in [-0.4, -0.2) is 41.0 Å². The van der Waals surface area contributed by atoms with Crippen LogP contribution in [0.5, 0.6) is 5.75 Å². The molecule has 2 aromatic carbocycles. The van der Waals surface area contributed by atoms with Gasteiger partial charge in [0.2, 0.25) is 5.91 Å². The molecule has 0 bridgehead atoms. The molecule has 0 saturated carbocycles. The SMILES string of the molecule is CC(C(N)=O)n1cc(C(=O)N2CCC(c3cccc4c3OCC4)CC2)c2ccc(Cl)cc21. The third-order valence-corrected chi connectivity index (χ3v) is 7.06. The minimum absolute atomic E-state index is 0.0271. The van der Waals surface area contributed by atoms with E-state index in [9.17, 15) is 9.59 Å². The average molecular weight is 452 g/mol. The summed E-state index contributed by atoms with van der Waals surface area (Å²) in [5.74, 6) is 0.958. The lowest BCUT2D eigenvalue weighted by atomic mass is 9.87. The summed E-state index contributed by atoms with van der Waals surface area (Å²) in [7, 11) is 0. The van der Waals surface area contributed by atoms with Crippen molar-refractivity contribution in [1.29, 1.82) is 0 Å². The molecule has 5 rings (SSSR count). The van der Waals surface area contributed by atoms with Gasteiger partial charge in [-0.3, -0.25) is 9.59 Å². The Bertz CT molecular complexity index is 1210. The van der Waals surface area contributed by atoms with Gasteiger partial charge in [0.25, 0.3) is 5.91 Å². The van der Waals surface area contributed by atoms with E-state index in [4.69, 9.17) is 22.1 Å². The third-order valence-electron chi connectivity index (χ3n) is 6.82. The van der Waals surface area contributed by atoms with Crippen molar-refractivity contribution in [3.05, 3.63) is 64.3 Å². The van der Waals surface area contributed by atoms with Gasteiger partial charge < -0.3 is 19.9 Å². The minimum atomic E-state index is -0.580. The summed E-state index contributed by atoms with van der Waals surface area (Å²) < 4.78 is 7.64. The number of amides is 2. The fourth-order valence-electron chi connectivity index (χ4n) is 4.98. The van der Waals surface area contributed by atoms with Gasteiger partial charge in [0.1, 0.15) is 11.8 Å². The average Bonchev–Trinajstić information content (AvgIpc) is 3.42. The van der Waals surface area contributed by atoms with E-state index < -0.39 is 11.9 Å². The molecule has 6 nitrogen and oxygen atoms in total. The Balaban J connectivity index is 1.39. The molecule has 1 fully saturated rings. The highest BCUT2D eigenvalue weighted by molar-refractivity contribution is 6.31. The number of carbonyl (C=O) groups excluding carboxylic acids is 2. The topological polar surface area (TPSA) is 77.6 Å². The van der Waals surface area contributed by atoms with E-state index in [0.717, 1.165) is 42.5 Å². The van der Waals surface area contributed by atoms with Gasteiger partial charge in [0.15, 0.2) is 0 Å². The lowest BCUT2D eigenvalue weighted by Gasteiger charge is -2.32. The Morgan fingerprint density at radius 2 is 1.97 bits per heavy atom. The van der Waals surface area contributed by atoms with Crippen LogP contribution in [0, 0.1) is 0 Å². The van der Waals surface area contributed by atoms with Crippen LogP contribution < -0.4 is 10.5 Å². The van der Waals surface area contributed by atoms with Gasteiger partial charge in [0.05, 0.1) is 17.7 Å². The number of ether oxygens (including phenoxy) is 1. The molecule has 1 unspecified atom stereocenters. The maximum atomic E-state index is 13.5. The summed E-state index contributed by atoms with van der Waals surface area (Å²) >= 11 is 6.19. The third kappa shape index (κ3) is 3.52. The summed E-state index contributed by atoms with van der Waals surface area (Å²) in [6.45, 7) is 3.84. The number of nitrogens with zero attached hydrogens (tertiary/aromatic N) is 2. The number of piperidine rings is 1. The monoisotopic (exact) mass is 451 g/mol. The van der Waals surface area contributed by atoms with E-state index in [1.165, 1.54) is 11.1 Å². The van der Waals surface area contributed by atoms with Crippen molar-refractivity contribution >= 4 is 34.3 Å². The Morgan fingerprint density at radius 1 is 1.19 bits per heavy atom. The Morgan fingerprint density at radius 3 is 2.72 bits per heavy atom. The lowest BCUT2D eigenvalue weighted by Crippen LogP contribution is -2.38. The molecular weight excluding hydrogens is 426 g/mol. The number of hydrogen-bond acceptors (Lipinski definition) is 3. The van der Waals surface area contributed by atoms with Gasteiger partial charge in [-0.1, -0.05) is 35.9 Å². The molecule has 2 aliphatic heterocycles. The van der Waals surface area contributed by atoms with Gasteiger partial charge >= 0.3 is 0 Å². The first-order valence-electron chi connectivity index (χ1n) is 11.1. The van der Waals surface area contributed by atoms with E-state index in [-0.39, 0.29) is 5.91 Å². The fourth-order valence-corrected chi connectivity index (χ4v) is 5.14. The molecule has 1 saturated heterocycles. The predicted octanol–water partition coefficient (Wildman–Crippen LogP) is 4.30. The molecule has 1 atom stereocenters. The summed E-state index contributed by atoms with van der Waals surface area (Å²) in [5, 5.41) is 1.33. The summed E-state index contributed by atoms with van der Waals surface area (Å²) in [6.07, 6.45) is 4.50. The first-order valence-corrected chi connectivity index (χ1v) is 11.4. The molecule has 32 heavy (non-hydrogen) atoms. The second-order valence-corrected chi connectivity index (χ2v) is 9.13. The molecule has 2 aliphatic rings. The lowest BCUT2D eigenvalue weighted by molar-refractivity contribution is -0.120. The summed E-state index contributed by atoms with van der Waals surface area (Å²) in [5.41, 5.74) is 9.41. The molecule has 2 N–H and O–H groups in total. The van der Waals surface area contributed by atoms with E-state index in [2.05, 4.69) is 18.2 Å². The molecule has 166 valence electrons. The van der Waals surface area contributed by atoms with Crippen molar-refractivity contribution in [3.63, 3.8) is 0 Å². The standard InChI is InChI=1S/C25H26ClN3O3/c1-15(24(27)30)29-14-21(20-6-5-18(26)13-22(20)29)25(31)28-10-7-16(8-11-28)19-4-2-3-17-9-12-32-23(17)19/h2-6,13-16H,7-12H2,1H3,(H2,27,30). The van der Waals surface area contributed by atoms with Crippen molar-refractivity contribution in [2.45, 2.75) is 38.1 Å². The summed E-state index contributed by atoms with van der Waals surface area (Å²) in [6, 6.07) is 11.2. The van der Waals surface area contributed by atoms with Crippen molar-refractivity contribution < 1.29 is 14.3 Å². The largest absolute Gasteiger partial charge is 0.493 e. The van der Waals surface area contributed by atoms with E-state index >= 15 is 0 Å². The first kappa shape index (κ1) is 20.9. The zero-order valence-electron chi connectivity index (χ0n) is 18.0. The number of aromatic nitrogens is 1. The van der Waals surface area contributed by atoms with E-state index in [0.29, 0.717) is 29.6 Å². The number of nitrogens with two attached hydrogens (primary N) is 1. The Labute approximate surface area is 191 Å². The predicted molar refractivity (Wildman–Crippen MR) is 124 cm³/mol. The number of fused-ring (bicyclic) bond motifs is 2. The van der Waals surface area contributed by atoms with Crippen LogP contribution in [-0.2, 0) is 11.2 Å². The zero-order chi connectivity index (χ0) is 22.4. The quantitative estimate of drug-likeness (QED) is 0.642. The number of likely N-dealkylation sites (tertiary alicyclic amines) is 1. The molecule has 2 amide bonds. The number of carbonyl (C=O) groups is 2. The normalized spacial score (nSPS) is 17.2. The molecule has 3 heterocycles. The molecular formula is C25H26ClN3O3. The van der Waals surface area contributed by atoms with Gasteiger partial charge in [-0.2, -0.15) is 0 Å². The van der Waals surface area contributed by atoms with Crippen LogP contribution >= 0.6 is 11.6 Å². The summed E-state index contributed by atoms with van der Waals surface area (Å²) in [4.78, 5) is 27.2. The van der Waals surface area contributed by atoms with Crippen molar-refractivity contribution in [2.75, 3.05) is 19.7 Å². The first-order chi connectivity index (χ1) is 15.4. The molecule has 0 aliphatic carbocycles. The van der Waals surface area contributed by atoms with Crippen LogP contribution in [0.15, 0.2) is 42.6 Å². The zero-order valence-corrected chi connectivity index (χ0v) is 18.8. The van der Waals surface area contributed by atoms with Gasteiger partial charge in [-0.05, 0) is 48.9 Å². The van der Waals surface area contributed by atoms with Crippen LogP contribution in [0.3, 0.4) is 0 Å². The second kappa shape index (κ2) is 8.17. The van der Waals surface area contributed by atoms with Crippen LogP contribution in [0.2, 0.25) is 5.02 Å². The van der Waals surface area contributed by atoms with E-state index in [1.807, 2.05) is 11.0 Å². The molecule has 0 radical (unpaired) electrons. The van der Waals surface area contributed by atoms with E-state index in [1.54, 1.807) is 29.8 Å². The van der Waals surface area contributed by atoms with Crippen LogP contribution in [0.25, 0.3) is 10.9 Å². The maximum Gasteiger partial charge on any atom is 0.256 e. The number of halogens is 1. The highest BCUT2D eigenvalue weighted by atomic mass is 35.5.